The first-order chi connectivity index (χ1) is 16.1. The molecule has 33 heavy (non-hydrogen) atoms. The number of methoxy groups -OCH3 is 1. The van der Waals surface area contributed by atoms with E-state index >= 15 is 0 Å². The van der Waals surface area contributed by atoms with Gasteiger partial charge in [0.2, 0.25) is 5.91 Å². The van der Waals surface area contributed by atoms with Crippen molar-refractivity contribution in [2.45, 2.75) is 19.5 Å². The Kier molecular flexibility index (Phi) is 6.80. The third-order valence-electron chi connectivity index (χ3n) is 5.27. The van der Waals surface area contributed by atoms with Crippen LogP contribution in [0.4, 0.5) is 5.69 Å². The van der Waals surface area contributed by atoms with Crippen molar-refractivity contribution in [2.24, 2.45) is 0 Å². The molecule has 0 aliphatic heterocycles. The Hall–Kier alpha value is -3.98. The topological polar surface area (TPSA) is 102 Å². The minimum Gasteiger partial charge on any atom is -0.467 e. The third kappa shape index (κ3) is 4.78. The molecule has 0 saturated carbocycles. The number of aryl methyl sites for hydroxylation is 1. The van der Waals surface area contributed by atoms with E-state index in [9.17, 15) is 9.59 Å². The van der Waals surface area contributed by atoms with Gasteiger partial charge in [-0.2, -0.15) is 0 Å². The number of amides is 2. The van der Waals surface area contributed by atoms with Crippen molar-refractivity contribution < 1.29 is 18.7 Å². The molecule has 9 nitrogen and oxygen atoms in total. The number of anilines is 1. The van der Waals surface area contributed by atoms with Gasteiger partial charge in [0.1, 0.15) is 17.8 Å². The molecule has 1 N–H and O–H groups in total. The molecule has 0 fully saturated rings. The lowest BCUT2D eigenvalue weighted by Crippen LogP contribution is -2.46. The van der Waals surface area contributed by atoms with Gasteiger partial charge in [-0.1, -0.05) is 35.5 Å². The largest absolute Gasteiger partial charge is 0.467 e. The van der Waals surface area contributed by atoms with Gasteiger partial charge in [-0.15, -0.1) is 5.10 Å². The van der Waals surface area contributed by atoms with Crippen LogP contribution in [0.3, 0.4) is 0 Å². The van der Waals surface area contributed by atoms with E-state index in [-0.39, 0.29) is 18.4 Å². The predicted octanol–water partition coefficient (Wildman–Crippen LogP) is 2.87. The van der Waals surface area contributed by atoms with Gasteiger partial charge < -0.3 is 14.5 Å². The Labute approximate surface area is 190 Å². The zero-order chi connectivity index (χ0) is 23.2. The molecule has 0 saturated heterocycles. The average Bonchev–Trinajstić information content (AvgIpc) is 3.49. The standard InChI is InChI=1S/C24H25N5O4/c1-17-8-3-5-10-19(17)29(22(30)16-28-20-11-6-4-9-18(20)26-27-28)23(21-12-7-14-33-21)24(31)25-13-15-32-2/h3-12,14,23H,13,15-16H2,1-2H3,(H,25,31)/t23-/m0/s1. The predicted molar refractivity (Wildman–Crippen MR) is 123 cm³/mol. The highest BCUT2D eigenvalue weighted by Gasteiger charge is 2.35. The molecule has 9 heteroatoms. The van der Waals surface area contributed by atoms with E-state index in [4.69, 9.17) is 9.15 Å². The van der Waals surface area contributed by atoms with Crippen LogP contribution in [0.5, 0.6) is 0 Å². The van der Waals surface area contributed by atoms with Crippen molar-refractivity contribution in [1.29, 1.82) is 0 Å². The number of rotatable bonds is 9. The van der Waals surface area contributed by atoms with Crippen molar-refractivity contribution in [3.05, 3.63) is 78.3 Å². The Balaban J connectivity index is 1.75. The Morgan fingerprint density at radius 1 is 1.12 bits per heavy atom. The van der Waals surface area contributed by atoms with E-state index in [0.717, 1.165) is 11.1 Å². The second-order valence-corrected chi connectivity index (χ2v) is 7.49. The Morgan fingerprint density at radius 3 is 2.67 bits per heavy atom. The summed E-state index contributed by atoms with van der Waals surface area (Å²) in [5.74, 6) is -0.352. The first kappa shape index (κ1) is 22.2. The van der Waals surface area contributed by atoms with Crippen LogP contribution in [0.1, 0.15) is 17.4 Å². The highest BCUT2D eigenvalue weighted by Crippen LogP contribution is 2.31. The molecule has 2 heterocycles. The minimum atomic E-state index is -1.01. The number of ether oxygens (including phenoxy) is 1. The van der Waals surface area contributed by atoms with Crippen molar-refractivity contribution in [2.75, 3.05) is 25.2 Å². The molecule has 0 spiro atoms. The number of aromatic nitrogens is 3. The number of nitrogens with zero attached hydrogens (tertiary/aromatic N) is 4. The summed E-state index contributed by atoms with van der Waals surface area (Å²) in [5.41, 5.74) is 2.87. The first-order valence-corrected chi connectivity index (χ1v) is 10.6. The summed E-state index contributed by atoms with van der Waals surface area (Å²) in [5, 5.41) is 11.1. The maximum absolute atomic E-state index is 13.8. The van der Waals surface area contributed by atoms with Gasteiger partial charge in [-0.05, 0) is 42.8 Å². The van der Waals surface area contributed by atoms with Crippen LogP contribution in [0.25, 0.3) is 11.0 Å². The minimum absolute atomic E-state index is 0.0998. The molecule has 0 aliphatic rings. The lowest BCUT2D eigenvalue weighted by Gasteiger charge is -2.31. The number of nitrogens with one attached hydrogen (secondary N) is 1. The van der Waals surface area contributed by atoms with E-state index in [2.05, 4.69) is 15.6 Å². The monoisotopic (exact) mass is 447 g/mol. The lowest BCUT2D eigenvalue weighted by molar-refractivity contribution is -0.127. The number of hydrogen-bond acceptors (Lipinski definition) is 6. The number of carbonyl (C=O) groups excluding carboxylic acids is 2. The number of para-hydroxylation sites is 2. The summed E-state index contributed by atoms with van der Waals surface area (Å²) in [4.78, 5) is 28.5. The molecule has 1 atom stereocenters. The molecular weight excluding hydrogens is 422 g/mol. The SMILES string of the molecule is COCCNC(=O)[C@H](c1ccco1)N(C(=O)Cn1nnc2ccccc21)c1ccccc1C. The maximum atomic E-state index is 13.8. The lowest BCUT2D eigenvalue weighted by atomic mass is 10.1. The number of fused-ring (bicyclic) bond motifs is 1. The molecule has 4 rings (SSSR count). The fourth-order valence-electron chi connectivity index (χ4n) is 3.68. The van der Waals surface area contributed by atoms with Crippen LogP contribution in [0.15, 0.2) is 71.3 Å². The molecule has 2 aromatic heterocycles. The summed E-state index contributed by atoms with van der Waals surface area (Å²) in [6.07, 6.45) is 1.48. The van der Waals surface area contributed by atoms with Crippen molar-refractivity contribution in [3.63, 3.8) is 0 Å². The molecule has 2 amide bonds. The average molecular weight is 447 g/mol. The highest BCUT2D eigenvalue weighted by molar-refractivity contribution is 6.01. The van der Waals surface area contributed by atoms with Gasteiger partial charge in [0.15, 0.2) is 6.04 Å². The van der Waals surface area contributed by atoms with Crippen molar-refractivity contribution >= 4 is 28.5 Å². The van der Waals surface area contributed by atoms with Gasteiger partial charge in [0, 0.05) is 19.3 Å². The fourth-order valence-corrected chi connectivity index (χ4v) is 3.68. The molecular formula is C24H25N5O4. The van der Waals surface area contributed by atoms with Crippen molar-refractivity contribution in [3.8, 4) is 0 Å². The summed E-state index contributed by atoms with van der Waals surface area (Å²) >= 11 is 0. The van der Waals surface area contributed by atoms with Gasteiger partial charge in [0.05, 0.1) is 18.4 Å². The normalized spacial score (nSPS) is 11.9. The number of furan rings is 1. The van der Waals surface area contributed by atoms with Crippen LogP contribution in [0, 0.1) is 6.92 Å². The van der Waals surface area contributed by atoms with Gasteiger partial charge in [-0.3, -0.25) is 14.5 Å². The molecule has 0 unspecified atom stereocenters. The van der Waals surface area contributed by atoms with E-state index in [1.165, 1.54) is 15.8 Å². The second-order valence-electron chi connectivity index (χ2n) is 7.49. The van der Waals surface area contributed by atoms with Crippen LogP contribution in [-0.2, 0) is 20.9 Å². The molecule has 2 aromatic carbocycles. The first-order valence-electron chi connectivity index (χ1n) is 10.6. The van der Waals surface area contributed by atoms with Crippen molar-refractivity contribution in [1.82, 2.24) is 20.3 Å². The van der Waals surface area contributed by atoms with Crippen LogP contribution >= 0.6 is 0 Å². The van der Waals surface area contributed by atoms with E-state index in [0.29, 0.717) is 30.1 Å². The van der Waals surface area contributed by atoms with Crippen LogP contribution < -0.4 is 10.2 Å². The Bertz CT molecular complexity index is 1230. The number of carbonyl (C=O) groups is 2. The molecule has 170 valence electrons. The highest BCUT2D eigenvalue weighted by atomic mass is 16.5. The fraction of sp³-hybridized carbons (Fsp3) is 0.250. The molecule has 0 bridgehead atoms. The maximum Gasteiger partial charge on any atom is 0.251 e. The quantitative estimate of drug-likeness (QED) is 0.396. The van der Waals surface area contributed by atoms with E-state index in [1.807, 2.05) is 55.5 Å². The zero-order valence-corrected chi connectivity index (χ0v) is 18.5. The van der Waals surface area contributed by atoms with Gasteiger partial charge in [0.25, 0.3) is 5.91 Å². The smallest absolute Gasteiger partial charge is 0.251 e. The van der Waals surface area contributed by atoms with Gasteiger partial charge in [-0.25, -0.2) is 4.68 Å². The molecule has 4 aromatic rings. The third-order valence-corrected chi connectivity index (χ3v) is 5.27. The summed E-state index contributed by atoms with van der Waals surface area (Å²) in [7, 11) is 1.56. The zero-order valence-electron chi connectivity index (χ0n) is 18.5. The summed E-state index contributed by atoms with van der Waals surface area (Å²) in [6, 6.07) is 17.2. The van der Waals surface area contributed by atoms with Crippen LogP contribution in [-0.4, -0.2) is 47.1 Å². The van der Waals surface area contributed by atoms with Gasteiger partial charge >= 0.3 is 0 Å². The second kappa shape index (κ2) is 10.1. The summed E-state index contributed by atoms with van der Waals surface area (Å²) < 4.78 is 12.2. The number of hydrogen-bond donors (Lipinski definition) is 1. The van der Waals surface area contributed by atoms with E-state index < -0.39 is 6.04 Å². The van der Waals surface area contributed by atoms with Crippen LogP contribution in [0.2, 0.25) is 0 Å². The Morgan fingerprint density at radius 2 is 1.91 bits per heavy atom. The molecule has 0 radical (unpaired) electrons. The summed E-state index contributed by atoms with van der Waals surface area (Å²) in [6.45, 7) is 2.44. The molecule has 0 aliphatic carbocycles. The number of benzene rings is 2. The van der Waals surface area contributed by atoms with E-state index in [1.54, 1.807) is 19.2 Å².